The van der Waals surface area contributed by atoms with Crippen LogP contribution in [0, 0.1) is 0 Å². The van der Waals surface area contributed by atoms with E-state index in [0.717, 1.165) is 12.0 Å². The third-order valence-corrected chi connectivity index (χ3v) is 2.02. The predicted octanol–water partition coefficient (Wildman–Crippen LogP) is 0.891. The van der Waals surface area contributed by atoms with Crippen LogP contribution in [0.3, 0.4) is 0 Å². The molecule has 0 aliphatic carbocycles. The molecule has 1 heterocycles. The van der Waals surface area contributed by atoms with Crippen LogP contribution in [0.5, 0.6) is 0 Å². The Balaban J connectivity index is 2.67. The van der Waals surface area contributed by atoms with Gasteiger partial charge >= 0.3 is 5.97 Å². The van der Waals surface area contributed by atoms with Crippen LogP contribution in [-0.2, 0) is 4.79 Å². The van der Waals surface area contributed by atoms with Gasteiger partial charge in [0.25, 0.3) is 0 Å². The van der Waals surface area contributed by atoms with Gasteiger partial charge in [-0.25, -0.2) is 4.79 Å². The van der Waals surface area contributed by atoms with Crippen LogP contribution in [0.4, 0.5) is 0 Å². The number of carboxylic acid groups (broad SMARTS) is 1. The number of aliphatic carboxylic acids is 1. The Kier molecular flexibility index (Phi) is 4.05. The van der Waals surface area contributed by atoms with Gasteiger partial charge in [0.05, 0.1) is 6.20 Å². The van der Waals surface area contributed by atoms with Gasteiger partial charge in [0, 0.05) is 11.8 Å². The summed E-state index contributed by atoms with van der Waals surface area (Å²) in [4.78, 5) is 10.7. The van der Waals surface area contributed by atoms with Crippen molar-refractivity contribution >= 4 is 12.0 Å². The molecule has 0 bridgehead atoms. The van der Waals surface area contributed by atoms with Crippen LogP contribution in [0.1, 0.15) is 24.9 Å². The third kappa shape index (κ3) is 3.21. The van der Waals surface area contributed by atoms with E-state index in [-0.39, 0.29) is 0 Å². The van der Waals surface area contributed by atoms with Gasteiger partial charge < -0.3 is 10.8 Å². The molecule has 0 unspecified atom stereocenters. The monoisotopic (exact) mass is 209 g/mol. The quantitative estimate of drug-likeness (QED) is 0.754. The zero-order valence-electron chi connectivity index (χ0n) is 8.63. The van der Waals surface area contributed by atoms with E-state index < -0.39 is 12.0 Å². The number of aromatic nitrogens is 2. The van der Waals surface area contributed by atoms with E-state index in [9.17, 15) is 4.79 Å². The summed E-state index contributed by atoms with van der Waals surface area (Å²) in [5.74, 6) is -0.893. The number of nitrogens with two attached hydrogens (primary N) is 1. The number of nitrogens with zero attached hydrogens (tertiary/aromatic N) is 2. The van der Waals surface area contributed by atoms with E-state index in [2.05, 4.69) is 5.10 Å². The minimum absolute atomic E-state index is 0.607. The standard InChI is InChI=1S/C10H15N3O2/c1-8(10(14)15)13-7-9(6-12-13)4-2-3-5-11/h2,4,6-8H,3,5,11H2,1H3,(H,14,15)/t8-/m0/s1. The van der Waals surface area contributed by atoms with E-state index in [1.807, 2.05) is 12.2 Å². The second-order valence-corrected chi connectivity index (χ2v) is 3.25. The van der Waals surface area contributed by atoms with Gasteiger partial charge in [0.1, 0.15) is 6.04 Å². The minimum atomic E-state index is -0.893. The summed E-state index contributed by atoms with van der Waals surface area (Å²) in [6.07, 6.45) is 7.95. The molecule has 0 saturated heterocycles. The Hall–Kier alpha value is -1.62. The molecule has 0 fully saturated rings. The van der Waals surface area contributed by atoms with Gasteiger partial charge in [-0.15, -0.1) is 0 Å². The van der Waals surface area contributed by atoms with Crippen molar-refractivity contribution in [1.82, 2.24) is 9.78 Å². The third-order valence-electron chi connectivity index (χ3n) is 2.02. The summed E-state index contributed by atoms with van der Waals surface area (Å²) in [5, 5.41) is 12.7. The highest BCUT2D eigenvalue weighted by Gasteiger charge is 2.13. The zero-order chi connectivity index (χ0) is 11.3. The molecule has 3 N–H and O–H groups in total. The van der Waals surface area contributed by atoms with Crippen LogP contribution >= 0.6 is 0 Å². The molecule has 0 saturated carbocycles. The predicted molar refractivity (Wildman–Crippen MR) is 57.3 cm³/mol. The fourth-order valence-corrected chi connectivity index (χ4v) is 1.08. The molecule has 0 amide bonds. The Labute approximate surface area is 88.2 Å². The van der Waals surface area contributed by atoms with Gasteiger partial charge in [-0.05, 0) is 19.9 Å². The zero-order valence-corrected chi connectivity index (χ0v) is 8.63. The average Bonchev–Trinajstić information content (AvgIpc) is 2.65. The summed E-state index contributed by atoms with van der Waals surface area (Å²) < 4.78 is 1.42. The Bertz CT molecular complexity index is 357. The summed E-state index contributed by atoms with van der Waals surface area (Å²) in [5.41, 5.74) is 6.22. The van der Waals surface area contributed by atoms with Crippen molar-refractivity contribution in [3.8, 4) is 0 Å². The second kappa shape index (κ2) is 5.31. The van der Waals surface area contributed by atoms with Crippen LogP contribution in [0.15, 0.2) is 18.5 Å². The van der Waals surface area contributed by atoms with Crippen molar-refractivity contribution in [2.24, 2.45) is 5.73 Å². The highest BCUT2D eigenvalue weighted by Crippen LogP contribution is 2.08. The summed E-state index contributed by atoms with van der Waals surface area (Å²) in [6.45, 7) is 2.19. The Morgan fingerprint density at radius 2 is 2.53 bits per heavy atom. The molecule has 1 aromatic heterocycles. The van der Waals surface area contributed by atoms with Gasteiger partial charge in [-0.3, -0.25) is 4.68 Å². The molecular weight excluding hydrogens is 194 g/mol. The maximum Gasteiger partial charge on any atom is 0.328 e. The van der Waals surface area contributed by atoms with Crippen LogP contribution in [0.2, 0.25) is 0 Å². The molecule has 1 aromatic rings. The lowest BCUT2D eigenvalue weighted by Gasteiger charge is -2.04. The van der Waals surface area contributed by atoms with Gasteiger partial charge in [0.15, 0.2) is 0 Å². The smallest absolute Gasteiger partial charge is 0.328 e. The van der Waals surface area contributed by atoms with Gasteiger partial charge in [-0.1, -0.05) is 12.2 Å². The lowest BCUT2D eigenvalue weighted by atomic mass is 10.3. The normalized spacial score (nSPS) is 13.2. The first-order valence-electron chi connectivity index (χ1n) is 4.78. The van der Waals surface area contributed by atoms with E-state index in [4.69, 9.17) is 10.8 Å². The molecule has 15 heavy (non-hydrogen) atoms. The molecule has 5 heteroatoms. The van der Waals surface area contributed by atoms with Crippen molar-refractivity contribution < 1.29 is 9.90 Å². The number of carbonyl (C=O) groups is 1. The van der Waals surface area contributed by atoms with E-state index in [1.54, 1.807) is 19.3 Å². The summed E-state index contributed by atoms with van der Waals surface area (Å²) in [6, 6.07) is -0.637. The first kappa shape index (κ1) is 11.5. The Morgan fingerprint density at radius 3 is 3.13 bits per heavy atom. The maximum atomic E-state index is 10.7. The lowest BCUT2D eigenvalue weighted by molar-refractivity contribution is -0.140. The molecule has 0 aliphatic rings. The molecule has 0 radical (unpaired) electrons. The molecule has 5 nitrogen and oxygen atoms in total. The molecule has 0 aromatic carbocycles. The molecule has 1 atom stereocenters. The Morgan fingerprint density at radius 1 is 1.80 bits per heavy atom. The molecule has 0 aliphatic heterocycles. The maximum absolute atomic E-state index is 10.7. The van der Waals surface area contributed by atoms with Crippen molar-refractivity contribution in [2.75, 3.05) is 6.54 Å². The molecule has 1 rings (SSSR count). The molecule has 0 spiro atoms. The van der Waals surface area contributed by atoms with Crippen molar-refractivity contribution in [3.05, 3.63) is 24.0 Å². The first-order valence-corrected chi connectivity index (χ1v) is 4.78. The number of rotatable bonds is 5. The second-order valence-electron chi connectivity index (χ2n) is 3.25. The van der Waals surface area contributed by atoms with E-state index >= 15 is 0 Å². The molecular formula is C10H15N3O2. The SMILES string of the molecule is C[C@@H](C(=O)O)n1cc(C=CCCN)cn1. The molecule has 82 valence electrons. The van der Waals surface area contributed by atoms with Crippen LogP contribution in [-0.4, -0.2) is 27.4 Å². The number of hydrogen-bond donors (Lipinski definition) is 2. The number of carboxylic acids is 1. The average molecular weight is 209 g/mol. The minimum Gasteiger partial charge on any atom is -0.480 e. The fourth-order valence-electron chi connectivity index (χ4n) is 1.08. The number of hydrogen-bond acceptors (Lipinski definition) is 3. The highest BCUT2D eigenvalue weighted by molar-refractivity contribution is 5.71. The topological polar surface area (TPSA) is 81.1 Å². The van der Waals surface area contributed by atoms with Gasteiger partial charge in [0.2, 0.25) is 0 Å². The van der Waals surface area contributed by atoms with Crippen molar-refractivity contribution in [3.63, 3.8) is 0 Å². The largest absolute Gasteiger partial charge is 0.480 e. The van der Waals surface area contributed by atoms with Crippen LogP contribution in [0.25, 0.3) is 6.08 Å². The van der Waals surface area contributed by atoms with Crippen molar-refractivity contribution in [2.45, 2.75) is 19.4 Å². The summed E-state index contributed by atoms with van der Waals surface area (Å²) >= 11 is 0. The van der Waals surface area contributed by atoms with Gasteiger partial charge in [-0.2, -0.15) is 5.10 Å². The lowest BCUT2D eigenvalue weighted by Crippen LogP contribution is -2.15. The summed E-state index contributed by atoms with van der Waals surface area (Å²) in [7, 11) is 0. The first-order chi connectivity index (χ1) is 7.15. The fraction of sp³-hybridized carbons (Fsp3) is 0.400. The van der Waals surface area contributed by atoms with E-state index in [1.165, 1.54) is 4.68 Å². The van der Waals surface area contributed by atoms with Crippen LogP contribution < -0.4 is 5.73 Å². The highest BCUT2D eigenvalue weighted by atomic mass is 16.4. The van der Waals surface area contributed by atoms with E-state index in [0.29, 0.717) is 6.54 Å². The van der Waals surface area contributed by atoms with Crippen molar-refractivity contribution in [1.29, 1.82) is 0 Å².